The van der Waals surface area contributed by atoms with Gasteiger partial charge in [-0.3, -0.25) is 0 Å². The fourth-order valence-electron chi connectivity index (χ4n) is 5.86. The van der Waals surface area contributed by atoms with Crippen LogP contribution in [0.5, 0.6) is 5.75 Å². The number of hydrogen-bond donors (Lipinski definition) is 0. The summed E-state index contributed by atoms with van der Waals surface area (Å²) >= 11 is 0. The maximum absolute atomic E-state index is 5.76. The van der Waals surface area contributed by atoms with E-state index in [-0.39, 0.29) is 0 Å². The Hall–Kier alpha value is -5.61. The lowest BCUT2D eigenvalue weighted by molar-refractivity contribution is 0.420. The average Bonchev–Trinajstić information content (AvgIpc) is 3.07. The first-order valence-electron chi connectivity index (χ1n) is 14.0. The van der Waals surface area contributed by atoms with Crippen molar-refractivity contribution in [3.63, 3.8) is 0 Å². The third kappa shape index (κ3) is 3.96. The van der Waals surface area contributed by atoms with Crippen LogP contribution >= 0.6 is 0 Å². The Kier molecular flexibility index (Phi) is 5.64. The van der Waals surface area contributed by atoms with Gasteiger partial charge in [-0.1, -0.05) is 109 Å². The summed E-state index contributed by atoms with van der Waals surface area (Å²) in [5, 5.41) is 5.38. The van der Waals surface area contributed by atoms with E-state index in [4.69, 9.17) is 19.7 Å². The van der Waals surface area contributed by atoms with E-state index in [1.807, 2.05) is 42.5 Å². The monoisotopic (exact) mass is 539 g/mol. The fourth-order valence-corrected chi connectivity index (χ4v) is 5.86. The number of aromatic nitrogens is 3. The van der Waals surface area contributed by atoms with E-state index in [2.05, 4.69) is 91.0 Å². The van der Waals surface area contributed by atoms with Gasteiger partial charge in [-0.05, 0) is 24.3 Å². The Morgan fingerprint density at radius 2 is 1.02 bits per heavy atom. The molecule has 0 amide bonds. The summed E-state index contributed by atoms with van der Waals surface area (Å²) in [4.78, 5) is 15.3. The zero-order chi connectivity index (χ0) is 28.0. The van der Waals surface area contributed by atoms with Crippen LogP contribution in [-0.2, 0) is 0 Å². The van der Waals surface area contributed by atoms with Gasteiger partial charge >= 0.3 is 0 Å². The number of rotatable bonds is 4. The first kappa shape index (κ1) is 24.2. The predicted molar refractivity (Wildman–Crippen MR) is 173 cm³/mol. The number of fused-ring (bicyclic) bond motifs is 6. The van der Waals surface area contributed by atoms with Crippen LogP contribution in [0.2, 0.25) is 0 Å². The van der Waals surface area contributed by atoms with Crippen LogP contribution in [0.4, 0.5) is 0 Å². The Labute approximate surface area is 242 Å². The molecule has 3 aromatic heterocycles. The molecule has 0 N–H and O–H groups in total. The van der Waals surface area contributed by atoms with Crippen molar-refractivity contribution < 1.29 is 4.74 Å². The second kappa shape index (κ2) is 9.79. The zero-order valence-electron chi connectivity index (χ0n) is 23.0. The number of para-hydroxylation sites is 1. The second-order valence-electron chi connectivity index (χ2n) is 10.4. The second-order valence-corrected chi connectivity index (χ2v) is 10.4. The maximum Gasteiger partial charge on any atom is 0.127 e. The Morgan fingerprint density at radius 1 is 0.452 bits per heavy atom. The number of ether oxygens (including phenoxy) is 1. The molecule has 0 atom stereocenters. The van der Waals surface area contributed by atoms with Crippen molar-refractivity contribution in [3.8, 4) is 39.5 Å². The van der Waals surface area contributed by atoms with Gasteiger partial charge < -0.3 is 4.74 Å². The summed E-state index contributed by atoms with van der Waals surface area (Å²) in [7, 11) is 1.72. The van der Waals surface area contributed by atoms with Gasteiger partial charge in [-0.2, -0.15) is 0 Å². The van der Waals surface area contributed by atoms with Crippen LogP contribution in [0.25, 0.3) is 77.3 Å². The van der Waals surface area contributed by atoms with Gasteiger partial charge in [0.2, 0.25) is 0 Å². The molecule has 4 heteroatoms. The molecule has 8 rings (SSSR count). The summed E-state index contributed by atoms with van der Waals surface area (Å²) < 4.78 is 5.76. The Morgan fingerprint density at radius 3 is 1.71 bits per heavy atom. The highest BCUT2D eigenvalue weighted by molar-refractivity contribution is 6.13. The molecule has 5 aromatic carbocycles. The van der Waals surface area contributed by atoms with E-state index < -0.39 is 0 Å². The topological polar surface area (TPSA) is 47.9 Å². The predicted octanol–water partition coefficient (Wildman–Crippen LogP) is 9.49. The fraction of sp³-hybridized carbons (Fsp3) is 0.0263. The highest BCUT2D eigenvalue weighted by Crippen LogP contribution is 2.38. The van der Waals surface area contributed by atoms with Crippen LogP contribution in [-0.4, -0.2) is 22.1 Å². The van der Waals surface area contributed by atoms with E-state index >= 15 is 0 Å². The zero-order valence-corrected chi connectivity index (χ0v) is 23.0. The molecular formula is C38H25N3O. The van der Waals surface area contributed by atoms with Gasteiger partial charge in [-0.25, -0.2) is 15.0 Å². The summed E-state index contributed by atoms with van der Waals surface area (Å²) in [6.07, 6.45) is 0. The third-order valence-electron chi connectivity index (χ3n) is 7.95. The summed E-state index contributed by atoms with van der Waals surface area (Å²) in [5.41, 5.74) is 8.72. The number of pyridine rings is 3. The van der Waals surface area contributed by atoms with Gasteiger partial charge in [0.25, 0.3) is 0 Å². The van der Waals surface area contributed by atoms with Crippen molar-refractivity contribution in [2.45, 2.75) is 0 Å². The molecular weight excluding hydrogens is 514 g/mol. The smallest absolute Gasteiger partial charge is 0.127 e. The van der Waals surface area contributed by atoms with Crippen molar-refractivity contribution in [2.24, 2.45) is 0 Å². The Balaban J connectivity index is 1.24. The van der Waals surface area contributed by atoms with Crippen LogP contribution in [0, 0.1) is 0 Å². The first-order chi connectivity index (χ1) is 20.8. The minimum absolute atomic E-state index is 0.848. The molecule has 42 heavy (non-hydrogen) atoms. The lowest BCUT2D eigenvalue weighted by Crippen LogP contribution is -1.93. The summed E-state index contributed by atoms with van der Waals surface area (Å²) in [6.45, 7) is 0. The number of benzene rings is 5. The summed E-state index contributed by atoms with van der Waals surface area (Å²) in [6, 6.07) is 45.8. The quantitative estimate of drug-likeness (QED) is 0.209. The van der Waals surface area contributed by atoms with Gasteiger partial charge in [0.05, 0.1) is 40.7 Å². The van der Waals surface area contributed by atoms with Crippen LogP contribution < -0.4 is 4.74 Å². The lowest BCUT2D eigenvalue weighted by Gasteiger charge is -2.13. The first-order valence-corrected chi connectivity index (χ1v) is 14.0. The SMILES string of the molecule is COc1cccc2c(-c3ccc(-c4ccc5ccc6ccc(-c7ccccc7)nc6c5n4)cc3)nc3ccccc3c12. The maximum atomic E-state index is 5.76. The number of nitrogens with zero attached hydrogens (tertiary/aromatic N) is 3. The minimum Gasteiger partial charge on any atom is -0.496 e. The van der Waals surface area contributed by atoms with E-state index in [9.17, 15) is 0 Å². The molecule has 0 unspecified atom stereocenters. The summed E-state index contributed by atoms with van der Waals surface area (Å²) in [5.74, 6) is 0.848. The molecule has 0 aliphatic heterocycles. The molecule has 0 saturated heterocycles. The highest BCUT2D eigenvalue weighted by atomic mass is 16.5. The van der Waals surface area contributed by atoms with Crippen molar-refractivity contribution in [2.75, 3.05) is 7.11 Å². The molecule has 0 aliphatic carbocycles. The van der Waals surface area contributed by atoms with E-state index in [0.717, 1.165) is 83.0 Å². The molecule has 0 radical (unpaired) electrons. The lowest BCUT2D eigenvalue weighted by atomic mass is 9.98. The average molecular weight is 540 g/mol. The molecule has 0 fully saturated rings. The van der Waals surface area contributed by atoms with Gasteiger partial charge in [-0.15, -0.1) is 0 Å². The van der Waals surface area contributed by atoms with Gasteiger partial charge in [0.15, 0.2) is 0 Å². The number of hydrogen-bond acceptors (Lipinski definition) is 4. The van der Waals surface area contributed by atoms with Crippen molar-refractivity contribution in [3.05, 3.63) is 133 Å². The van der Waals surface area contributed by atoms with Gasteiger partial charge in [0, 0.05) is 43.6 Å². The van der Waals surface area contributed by atoms with E-state index in [1.54, 1.807) is 7.11 Å². The number of methoxy groups -OCH3 is 1. The minimum atomic E-state index is 0.848. The van der Waals surface area contributed by atoms with Gasteiger partial charge in [0.1, 0.15) is 5.75 Å². The molecule has 0 bridgehead atoms. The molecule has 4 nitrogen and oxygen atoms in total. The van der Waals surface area contributed by atoms with Crippen LogP contribution in [0.15, 0.2) is 133 Å². The standard InChI is InChI=1S/C38H25N3O/c1-42-34-13-7-11-30-35(34)29-10-5-6-12-33(29)41-36(30)26-16-14-25(15-17-26)32-23-21-28-19-18-27-20-22-31(24-8-3-2-4-9-24)39-37(27)38(28)40-32/h2-23H,1H3. The molecule has 0 aliphatic rings. The van der Waals surface area contributed by atoms with Crippen molar-refractivity contribution >= 4 is 43.5 Å². The van der Waals surface area contributed by atoms with Crippen molar-refractivity contribution in [1.29, 1.82) is 0 Å². The van der Waals surface area contributed by atoms with Crippen LogP contribution in [0.1, 0.15) is 0 Å². The molecule has 3 heterocycles. The third-order valence-corrected chi connectivity index (χ3v) is 7.95. The van der Waals surface area contributed by atoms with Crippen LogP contribution in [0.3, 0.4) is 0 Å². The Bertz CT molecular complexity index is 2280. The van der Waals surface area contributed by atoms with E-state index in [0.29, 0.717) is 0 Å². The molecule has 8 aromatic rings. The molecule has 198 valence electrons. The van der Waals surface area contributed by atoms with E-state index in [1.165, 1.54) is 0 Å². The molecule has 0 saturated carbocycles. The highest BCUT2D eigenvalue weighted by Gasteiger charge is 2.14. The normalized spacial score (nSPS) is 11.5. The largest absolute Gasteiger partial charge is 0.496 e. The van der Waals surface area contributed by atoms with Crippen molar-refractivity contribution in [1.82, 2.24) is 15.0 Å². The molecule has 0 spiro atoms.